The van der Waals surface area contributed by atoms with E-state index in [1.54, 1.807) is 0 Å². The maximum atomic E-state index is 3.22. The number of nitrogens with one attached hydrogen (secondary N) is 1. The van der Waals surface area contributed by atoms with Crippen molar-refractivity contribution >= 4 is 0 Å². The van der Waals surface area contributed by atoms with Gasteiger partial charge in [-0.15, -0.1) is 0 Å². The lowest BCUT2D eigenvalue weighted by Crippen LogP contribution is -2.28. The molecule has 1 unspecified atom stereocenters. The van der Waals surface area contributed by atoms with Crippen molar-refractivity contribution in [3.63, 3.8) is 0 Å². The maximum absolute atomic E-state index is 3.22. The maximum Gasteiger partial charge on any atom is 0.0236 e. The number of benzene rings is 1. The topological polar surface area (TPSA) is 15.3 Å². The summed E-state index contributed by atoms with van der Waals surface area (Å²) in [7, 11) is 4.22. The van der Waals surface area contributed by atoms with Crippen LogP contribution >= 0.6 is 0 Å². The monoisotopic (exact) mass is 234 g/mol. The molecule has 0 aliphatic carbocycles. The average Bonchev–Trinajstić information content (AvgIpc) is 2.36. The molecule has 0 saturated heterocycles. The van der Waals surface area contributed by atoms with E-state index in [4.69, 9.17) is 0 Å². The minimum absolute atomic E-state index is 0.646. The summed E-state index contributed by atoms with van der Waals surface area (Å²) in [6.45, 7) is 6.63. The van der Waals surface area contributed by atoms with Crippen LogP contribution in [0.2, 0.25) is 0 Å². The van der Waals surface area contributed by atoms with Gasteiger partial charge in [-0.25, -0.2) is 0 Å². The number of hydrogen-bond acceptors (Lipinski definition) is 2. The Labute approximate surface area is 106 Å². The standard InChI is InChI=1S/C15H26N2/c1-5-13(2)17(4)12-15-9-7-6-8-14(15)10-11-16-3/h6-9,13,16H,5,10-12H2,1-4H3. The molecule has 0 amide bonds. The first-order valence-corrected chi connectivity index (χ1v) is 6.60. The van der Waals surface area contributed by atoms with Gasteiger partial charge in [0.15, 0.2) is 0 Å². The van der Waals surface area contributed by atoms with Gasteiger partial charge in [-0.3, -0.25) is 4.90 Å². The molecule has 0 fully saturated rings. The van der Waals surface area contributed by atoms with Crippen LogP contribution in [0.3, 0.4) is 0 Å². The number of likely N-dealkylation sites (N-methyl/N-ethyl adjacent to an activating group) is 1. The Morgan fingerprint density at radius 2 is 1.88 bits per heavy atom. The van der Waals surface area contributed by atoms with Crippen LogP contribution < -0.4 is 5.32 Å². The molecule has 2 heteroatoms. The Kier molecular flexibility index (Phi) is 6.23. The van der Waals surface area contributed by atoms with Gasteiger partial charge in [-0.05, 0) is 51.5 Å². The molecule has 0 heterocycles. The molecule has 1 aromatic carbocycles. The fraction of sp³-hybridized carbons (Fsp3) is 0.600. The molecule has 0 spiro atoms. The number of rotatable bonds is 7. The molecule has 96 valence electrons. The van der Waals surface area contributed by atoms with Gasteiger partial charge in [-0.1, -0.05) is 31.2 Å². The van der Waals surface area contributed by atoms with E-state index in [0.29, 0.717) is 6.04 Å². The second-order valence-corrected chi connectivity index (χ2v) is 4.79. The zero-order chi connectivity index (χ0) is 12.7. The second-order valence-electron chi connectivity index (χ2n) is 4.79. The fourth-order valence-electron chi connectivity index (χ4n) is 1.95. The highest BCUT2D eigenvalue weighted by atomic mass is 15.1. The van der Waals surface area contributed by atoms with Crippen LogP contribution in [0.5, 0.6) is 0 Å². The third-order valence-electron chi connectivity index (χ3n) is 3.53. The van der Waals surface area contributed by atoms with Crippen molar-refractivity contribution < 1.29 is 0 Å². The van der Waals surface area contributed by atoms with E-state index in [1.807, 2.05) is 7.05 Å². The third-order valence-corrected chi connectivity index (χ3v) is 3.53. The molecule has 1 atom stereocenters. The van der Waals surface area contributed by atoms with Gasteiger partial charge in [0.05, 0.1) is 0 Å². The van der Waals surface area contributed by atoms with Crippen molar-refractivity contribution in [1.82, 2.24) is 10.2 Å². The normalized spacial score (nSPS) is 13.0. The smallest absolute Gasteiger partial charge is 0.0236 e. The Morgan fingerprint density at radius 3 is 2.47 bits per heavy atom. The highest BCUT2D eigenvalue weighted by Crippen LogP contribution is 2.13. The van der Waals surface area contributed by atoms with Crippen molar-refractivity contribution in [2.45, 2.75) is 39.3 Å². The molecular formula is C15H26N2. The van der Waals surface area contributed by atoms with Gasteiger partial charge in [0.1, 0.15) is 0 Å². The quantitative estimate of drug-likeness (QED) is 0.780. The van der Waals surface area contributed by atoms with E-state index in [1.165, 1.54) is 17.5 Å². The minimum Gasteiger partial charge on any atom is -0.319 e. The zero-order valence-electron chi connectivity index (χ0n) is 11.7. The summed E-state index contributed by atoms with van der Waals surface area (Å²) >= 11 is 0. The minimum atomic E-state index is 0.646. The Bertz CT molecular complexity index is 322. The van der Waals surface area contributed by atoms with Crippen LogP contribution in [0.15, 0.2) is 24.3 Å². The molecule has 0 saturated carbocycles. The second kappa shape index (κ2) is 7.46. The first-order valence-electron chi connectivity index (χ1n) is 6.60. The molecule has 0 aliphatic heterocycles. The van der Waals surface area contributed by atoms with E-state index >= 15 is 0 Å². The van der Waals surface area contributed by atoms with Crippen molar-refractivity contribution in [1.29, 1.82) is 0 Å². The lowest BCUT2D eigenvalue weighted by Gasteiger charge is -2.24. The summed E-state index contributed by atoms with van der Waals surface area (Å²) < 4.78 is 0. The molecule has 17 heavy (non-hydrogen) atoms. The van der Waals surface area contributed by atoms with Crippen molar-refractivity contribution in [2.24, 2.45) is 0 Å². The molecule has 0 aromatic heterocycles. The van der Waals surface area contributed by atoms with E-state index in [2.05, 4.69) is 55.4 Å². The Hall–Kier alpha value is -0.860. The van der Waals surface area contributed by atoms with E-state index in [0.717, 1.165) is 19.5 Å². The van der Waals surface area contributed by atoms with Crippen LogP contribution in [0.4, 0.5) is 0 Å². The van der Waals surface area contributed by atoms with Crippen molar-refractivity contribution in [3.8, 4) is 0 Å². The van der Waals surface area contributed by atoms with Gasteiger partial charge >= 0.3 is 0 Å². The van der Waals surface area contributed by atoms with E-state index in [9.17, 15) is 0 Å². The van der Waals surface area contributed by atoms with Crippen LogP contribution in [0.1, 0.15) is 31.4 Å². The number of hydrogen-bond donors (Lipinski definition) is 1. The first kappa shape index (κ1) is 14.2. The summed E-state index contributed by atoms with van der Waals surface area (Å²) in [5.41, 5.74) is 2.93. The summed E-state index contributed by atoms with van der Waals surface area (Å²) in [4.78, 5) is 2.43. The van der Waals surface area contributed by atoms with Crippen LogP contribution in [-0.2, 0) is 13.0 Å². The molecule has 2 nitrogen and oxygen atoms in total. The Morgan fingerprint density at radius 1 is 1.24 bits per heavy atom. The Balaban J connectivity index is 2.68. The van der Waals surface area contributed by atoms with Crippen molar-refractivity contribution in [2.75, 3.05) is 20.6 Å². The summed E-state index contributed by atoms with van der Waals surface area (Å²) in [6.07, 6.45) is 2.32. The molecule has 0 radical (unpaired) electrons. The molecule has 1 rings (SSSR count). The lowest BCUT2D eigenvalue weighted by atomic mass is 10.0. The molecule has 1 aromatic rings. The van der Waals surface area contributed by atoms with Gasteiger partial charge in [0.25, 0.3) is 0 Å². The predicted octanol–water partition coefficient (Wildman–Crippen LogP) is 2.68. The fourth-order valence-corrected chi connectivity index (χ4v) is 1.95. The predicted molar refractivity (Wildman–Crippen MR) is 75.3 cm³/mol. The largest absolute Gasteiger partial charge is 0.319 e. The van der Waals surface area contributed by atoms with Crippen LogP contribution in [0.25, 0.3) is 0 Å². The summed E-state index contributed by atoms with van der Waals surface area (Å²) in [5, 5.41) is 3.22. The third kappa shape index (κ3) is 4.49. The molecule has 0 aliphatic rings. The van der Waals surface area contributed by atoms with Crippen molar-refractivity contribution in [3.05, 3.63) is 35.4 Å². The lowest BCUT2D eigenvalue weighted by molar-refractivity contribution is 0.243. The summed E-state index contributed by atoms with van der Waals surface area (Å²) in [6, 6.07) is 9.42. The van der Waals surface area contributed by atoms with Gasteiger partial charge in [-0.2, -0.15) is 0 Å². The van der Waals surface area contributed by atoms with Crippen LogP contribution in [-0.4, -0.2) is 31.6 Å². The first-order chi connectivity index (χ1) is 8.19. The van der Waals surface area contributed by atoms with E-state index < -0.39 is 0 Å². The SMILES string of the molecule is CCC(C)N(C)Cc1ccccc1CCNC. The average molecular weight is 234 g/mol. The van der Waals surface area contributed by atoms with E-state index in [-0.39, 0.29) is 0 Å². The molecule has 0 bridgehead atoms. The summed E-state index contributed by atoms with van der Waals surface area (Å²) in [5.74, 6) is 0. The van der Waals surface area contributed by atoms with Gasteiger partial charge < -0.3 is 5.32 Å². The highest BCUT2D eigenvalue weighted by molar-refractivity contribution is 5.27. The van der Waals surface area contributed by atoms with Gasteiger partial charge in [0, 0.05) is 12.6 Å². The highest BCUT2D eigenvalue weighted by Gasteiger charge is 2.09. The molecular weight excluding hydrogens is 208 g/mol. The molecule has 1 N–H and O–H groups in total. The number of nitrogens with zero attached hydrogens (tertiary/aromatic N) is 1. The van der Waals surface area contributed by atoms with Gasteiger partial charge in [0.2, 0.25) is 0 Å². The van der Waals surface area contributed by atoms with Crippen LogP contribution in [0, 0.1) is 0 Å². The zero-order valence-corrected chi connectivity index (χ0v) is 11.7.